The van der Waals surface area contributed by atoms with Gasteiger partial charge in [0.1, 0.15) is 23.7 Å². The molecule has 3 N–H and O–H groups in total. The fourth-order valence-electron chi connectivity index (χ4n) is 3.28. The van der Waals surface area contributed by atoms with E-state index in [1.165, 1.54) is 0 Å². The van der Waals surface area contributed by atoms with Crippen molar-refractivity contribution in [3.8, 4) is 11.5 Å². The second-order valence-electron chi connectivity index (χ2n) is 7.09. The zero-order valence-electron chi connectivity index (χ0n) is 16.0. The van der Waals surface area contributed by atoms with Crippen LogP contribution in [-0.2, 0) is 4.74 Å². The van der Waals surface area contributed by atoms with Gasteiger partial charge in [0.2, 0.25) is 0 Å². The molecule has 2 aromatic carbocycles. The highest BCUT2D eigenvalue weighted by Crippen LogP contribution is 2.33. The molecule has 0 aliphatic carbocycles. The van der Waals surface area contributed by atoms with E-state index in [1.807, 2.05) is 55.5 Å². The van der Waals surface area contributed by atoms with Crippen LogP contribution in [0.1, 0.15) is 30.1 Å². The van der Waals surface area contributed by atoms with E-state index in [9.17, 15) is 15.3 Å². The van der Waals surface area contributed by atoms with E-state index in [4.69, 9.17) is 14.2 Å². The number of ether oxygens (including phenoxy) is 3. The van der Waals surface area contributed by atoms with Crippen molar-refractivity contribution in [2.75, 3.05) is 19.8 Å². The topological polar surface area (TPSA) is 88.4 Å². The fraction of sp³-hybridized carbons (Fsp3) is 0.455. The van der Waals surface area contributed by atoms with E-state index in [-0.39, 0.29) is 13.0 Å². The molecule has 1 aliphatic heterocycles. The highest BCUT2D eigenvalue weighted by molar-refractivity contribution is 5.31. The Bertz CT molecular complexity index is 749. The number of rotatable bonds is 8. The summed E-state index contributed by atoms with van der Waals surface area (Å²) in [5.74, 6) is 1.53. The molecule has 152 valence electrons. The van der Waals surface area contributed by atoms with Gasteiger partial charge in [-0.1, -0.05) is 24.3 Å². The Morgan fingerprint density at radius 2 is 1.64 bits per heavy atom. The Balaban J connectivity index is 1.49. The Morgan fingerprint density at radius 3 is 2.32 bits per heavy atom. The molecule has 0 radical (unpaired) electrons. The highest BCUT2D eigenvalue weighted by atomic mass is 16.5. The van der Waals surface area contributed by atoms with Gasteiger partial charge in [0.05, 0.1) is 32.0 Å². The van der Waals surface area contributed by atoms with Crippen molar-refractivity contribution in [3.63, 3.8) is 0 Å². The Morgan fingerprint density at radius 1 is 0.964 bits per heavy atom. The lowest BCUT2D eigenvalue weighted by molar-refractivity contribution is -0.181. The molecule has 4 atom stereocenters. The van der Waals surface area contributed by atoms with Gasteiger partial charge in [0, 0.05) is 12.8 Å². The predicted octanol–water partition coefficient (Wildman–Crippen LogP) is 2.39. The Kier molecular flexibility index (Phi) is 7.28. The molecule has 0 saturated carbocycles. The number of aliphatic hydroxyl groups excluding tert-OH is 3. The number of hydrogen-bond donors (Lipinski definition) is 3. The van der Waals surface area contributed by atoms with Crippen LogP contribution in [0.4, 0.5) is 0 Å². The average molecular weight is 388 g/mol. The van der Waals surface area contributed by atoms with E-state index in [2.05, 4.69) is 0 Å². The molecule has 2 aromatic rings. The van der Waals surface area contributed by atoms with Gasteiger partial charge in [-0.2, -0.15) is 0 Å². The summed E-state index contributed by atoms with van der Waals surface area (Å²) in [5, 5.41) is 29.4. The van der Waals surface area contributed by atoms with Gasteiger partial charge in [0.15, 0.2) is 0 Å². The molecule has 0 spiro atoms. The minimum Gasteiger partial charge on any atom is -0.493 e. The van der Waals surface area contributed by atoms with E-state index in [0.717, 1.165) is 23.3 Å². The molecule has 6 nitrogen and oxygen atoms in total. The van der Waals surface area contributed by atoms with Crippen LogP contribution in [0.25, 0.3) is 0 Å². The van der Waals surface area contributed by atoms with Crippen molar-refractivity contribution in [2.24, 2.45) is 0 Å². The first-order valence-corrected chi connectivity index (χ1v) is 9.61. The zero-order chi connectivity index (χ0) is 19.9. The minimum atomic E-state index is -0.871. The van der Waals surface area contributed by atoms with Crippen LogP contribution in [0.3, 0.4) is 0 Å². The summed E-state index contributed by atoms with van der Waals surface area (Å²) >= 11 is 0. The van der Waals surface area contributed by atoms with Crippen LogP contribution in [0.5, 0.6) is 11.5 Å². The maximum Gasteiger partial charge on any atom is 0.119 e. The third-order valence-electron chi connectivity index (χ3n) is 4.77. The monoisotopic (exact) mass is 388 g/mol. The molecule has 0 bridgehead atoms. The van der Waals surface area contributed by atoms with E-state index in [0.29, 0.717) is 19.0 Å². The quantitative estimate of drug-likeness (QED) is 0.602. The summed E-state index contributed by atoms with van der Waals surface area (Å²) < 4.78 is 17.2. The van der Waals surface area contributed by atoms with Crippen LogP contribution >= 0.6 is 0 Å². The van der Waals surface area contributed by atoms with Crippen molar-refractivity contribution in [1.82, 2.24) is 0 Å². The summed E-state index contributed by atoms with van der Waals surface area (Å²) in [6, 6.07) is 15.3. The van der Waals surface area contributed by atoms with Gasteiger partial charge < -0.3 is 29.5 Å². The first-order chi connectivity index (χ1) is 13.6. The summed E-state index contributed by atoms with van der Waals surface area (Å²) in [6.45, 7) is 2.80. The lowest BCUT2D eigenvalue weighted by Crippen LogP contribution is -2.44. The molecule has 1 saturated heterocycles. The lowest BCUT2D eigenvalue weighted by atomic mass is 9.94. The smallest absolute Gasteiger partial charge is 0.119 e. The van der Waals surface area contributed by atoms with Gasteiger partial charge in [-0.15, -0.1) is 0 Å². The van der Waals surface area contributed by atoms with E-state index >= 15 is 0 Å². The second-order valence-corrected chi connectivity index (χ2v) is 7.09. The maximum absolute atomic E-state index is 10.2. The number of benzene rings is 2. The molecule has 1 fully saturated rings. The van der Waals surface area contributed by atoms with Gasteiger partial charge in [-0.3, -0.25) is 0 Å². The lowest BCUT2D eigenvalue weighted by Gasteiger charge is -2.36. The van der Waals surface area contributed by atoms with Crippen molar-refractivity contribution < 1.29 is 29.5 Å². The molecular formula is C22H28O6. The van der Waals surface area contributed by atoms with Gasteiger partial charge in [-0.25, -0.2) is 0 Å². The minimum absolute atomic E-state index is 0.164. The summed E-state index contributed by atoms with van der Waals surface area (Å²) in [4.78, 5) is 0. The number of aryl methyl sites for hydroxylation is 1. The third kappa shape index (κ3) is 5.45. The van der Waals surface area contributed by atoms with Crippen LogP contribution in [0, 0.1) is 6.92 Å². The molecular weight excluding hydrogens is 360 g/mol. The van der Waals surface area contributed by atoms with Crippen LogP contribution < -0.4 is 9.47 Å². The predicted molar refractivity (Wildman–Crippen MR) is 105 cm³/mol. The molecule has 3 rings (SSSR count). The van der Waals surface area contributed by atoms with Gasteiger partial charge in [0.25, 0.3) is 0 Å². The first-order valence-electron chi connectivity index (χ1n) is 9.61. The standard InChI is InChI=1S/C22H28O6/c1-15-5-2-7-17(11-15)26-9-4-10-27-18-8-3-6-16(12-18)22-20(25)13-19(24)21(14-23)28-22/h2-3,5-8,11-12,19-25H,4,9-10,13-14H2,1H3/t19-,20-,21+,22+/m0/s1. The van der Waals surface area contributed by atoms with Crippen LogP contribution in [0.2, 0.25) is 0 Å². The van der Waals surface area contributed by atoms with Crippen molar-refractivity contribution in [2.45, 2.75) is 44.2 Å². The normalized spacial score (nSPS) is 24.7. The van der Waals surface area contributed by atoms with Crippen LogP contribution in [0.15, 0.2) is 48.5 Å². The van der Waals surface area contributed by atoms with Gasteiger partial charge in [-0.05, 0) is 42.3 Å². The largest absolute Gasteiger partial charge is 0.493 e. The van der Waals surface area contributed by atoms with E-state index < -0.39 is 24.4 Å². The molecule has 0 aromatic heterocycles. The van der Waals surface area contributed by atoms with E-state index in [1.54, 1.807) is 0 Å². The molecule has 28 heavy (non-hydrogen) atoms. The zero-order valence-corrected chi connectivity index (χ0v) is 16.0. The average Bonchev–Trinajstić information content (AvgIpc) is 2.68. The molecule has 1 aliphatic rings. The SMILES string of the molecule is Cc1cccc(OCCCOc2cccc([C@H]3O[C@H](CO)[C@@H](O)C[C@@H]3O)c2)c1. The second kappa shape index (κ2) is 9.89. The highest BCUT2D eigenvalue weighted by Gasteiger charge is 2.36. The molecule has 6 heteroatoms. The van der Waals surface area contributed by atoms with Crippen LogP contribution in [-0.4, -0.2) is 53.5 Å². The third-order valence-corrected chi connectivity index (χ3v) is 4.77. The number of hydrogen-bond acceptors (Lipinski definition) is 6. The van der Waals surface area contributed by atoms with Crippen molar-refractivity contribution in [3.05, 3.63) is 59.7 Å². The molecule has 0 unspecified atom stereocenters. The first kappa shape index (κ1) is 20.6. The Labute approximate surface area is 165 Å². The molecule has 0 amide bonds. The summed E-state index contributed by atoms with van der Waals surface area (Å²) in [5.41, 5.74) is 1.92. The number of aliphatic hydroxyl groups is 3. The Hall–Kier alpha value is -2.12. The maximum atomic E-state index is 10.2. The van der Waals surface area contributed by atoms with Gasteiger partial charge >= 0.3 is 0 Å². The summed E-state index contributed by atoms with van der Waals surface area (Å²) in [6.07, 6.45) is -2.11. The summed E-state index contributed by atoms with van der Waals surface area (Å²) in [7, 11) is 0. The van der Waals surface area contributed by atoms with Crippen molar-refractivity contribution >= 4 is 0 Å². The fourth-order valence-corrected chi connectivity index (χ4v) is 3.28. The molecule has 1 heterocycles. The van der Waals surface area contributed by atoms with Crippen molar-refractivity contribution in [1.29, 1.82) is 0 Å².